The minimum absolute atomic E-state index is 0.291. The van der Waals surface area contributed by atoms with Gasteiger partial charge in [-0.2, -0.15) is 0 Å². The topological polar surface area (TPSA) is 26.3 Å². The lowest BCUT2D eigenvalue weighted by atomic mass is 9.97. The number of hydrogen-bond acceptors (Lipinski definition) is 2. The highest BCUT2D eigenvalue weighted by Crippen LogP contribution is 2.34. The molecule has 76 valence electrons. The van der Waals surface area contributed by atoms with Gasteiger partial charge in [-0.25, -0.2) is 0 Å². The van der Waals surface area contributed by atoms with Crippen LogP contribution >= 0.6 is 15.9 Å². The maximum atomic E-state index is 10.8. The zero-order valence-electron chi connectivity index (χ0n) is 8.50. The standard InChI is InChI=1S/C11H13BrO2/c1-7(2)10-8(6-13)4-5-9(14-3)11(10)12/h4-7H,1-3H3. The smallest absolute Gasteiger partial charge is 0.150 e. The molecule has 0 heterocycles. The molecule has 0 unspecified atom stereocenters. The Labute approximate surface area is 92.4 Å². The van der Waals surface area contributed by atoms with E-state index in [2.05, 4.69) is 15.9 Å². The molecule has 2 nitrogen and oxygen atoms in total. The molecule has 0 spiro atoms. The summed E-state index contributed by atoms with van der Waals surface area (Å²) in [6.45, 7) is 4.10. The molecule has 0 aliphatic heterocycles. The van der Waals surface area contributed by atoms with Crippen LogP contribution in [0.3, 0.4) is 0 Å². The number of carbonyl (C=O) groups excluding carboxylic acids is 1. The molecule has 0 saturated carbocycles. The molecule has 0 fully saturated rings. The number of ether oxygens (including phenoxy) is 1. The fourth-order valence-corrected chi connectivity index (χ4v) is 2.42. The minimum atomic E-state index is 0.291. The number of hydrogen-bond donors (Lipinski definition) is 0. The number of rotatable bonds is 3. The van der Waals surface area contributed by atoms with Gasteiger partial charge in [-0.3, -0.25) is 4.79 Å². The van der Waals surface area contributed by atoms with Gasteiger partial charge >= 0.3 is 0 Å². The zero-order chi connectivity index (χ0) is 10.7. The van der Waals surface area contributed by atoms with Crippen molar-refractivity contribution < 1.29 is 9.53 Å². The summed E-state index contributed by atoms with van der Waals surface area (Å²) in [6, 6.07) is 3.58. The largest absolute Gasteiger partial charge is 0.496 e. The van der Waals surface area contributed by atoms with Crippen molar-refractivity contribution in [3.63, 3.8) is 0 Å². The summed E-state index contributed by atoms with van der Waals surface area (Å²) < 4.78 is 6.05. The van der Waals surface area contributed by atoms with E-state index in [1.54, 1.807) is 19.2 Å². The summed E-state index contributed by atoms with van der Waals surface area (Å²) in [5.41, 5.74) is 1.71. The van der Waals surface area contributed by atoms with Crippen LogP contribution in [0.2, 0.25) is 0 Å². The number of halogens is 1. The first-order valence-corrected chi connectivity index (χ1v) is 5.22. The Morgan fingerprint density at radius 2 is 2.07 bits per heavy atom. The summed E-state index contributed by atoms with van der Waals surface area (Å²) in [4.78, 5) is 10.8. The van der Waals surface area contributed by atoms with E-state index in [0.717, 1.165) is 22.1 Å². The second-order valence-corrected chi connectivity index (χ2v) is 4.15. The van der Waals surface area contributed by atoms with Gasteiger partial charge in [-0.15, -0.1) is 0 Å². The van der Waals surface area contributed by atoms with Crippen LogP contribution < -0.4 is 4.74 Å². The van der Waals surface area contributed by atoms with Crippen molar-refractivity contribution in [2.75, 3.05) is 7.11 Å². The van der Waals surface area contributed by atoms with Crippen LogP contribution in [0.4, 0.5) is 0 Å². The van der Waals surface area contributed by atoms with E-state index in [9.17, 15) is 4.79 Å². The number of carbonyl (C=O) groups is 1. The van der Waals surface area contributed by atoms with Gasteiger partial charge < -0.3 is 4.74 Å². The van der Waals surface area contributed by atoms with E-state index in [1.807, 2.05) is 13.8 Å². The molecule has 3 heteroatoms. The van der Waals surface area contributed by atoms with E-state index in [4.69, 9.17) is 4.74 Å². The normalized spacial score (nSPS) is 10.4. The van der Waals surface area contributed by atoms with Crippen LogP contribution in [0.15, 0.2) is 16.6 Å². The van der Waals surface area contributed by atoms with Crippen molar-refractivity contribution >= 4 is 22.2 Å². The van der Waals surface area contributed by atoms with E-state index >= 15 is 0 Å². The fraction of sp³-hybridized carbons (Fsp3) is 0.364. The monoisotopic (exact) mass is 256 g/mol. The highest BCUT2D eigenvalue weighted by molar-refractivity contribution is 9.10. The Balaban J connectivity index is 3.38. The summed E-state index contributed by atoms with van der Waals surface area (Å²) in [6.07, 6.45) is 0.875. The zero-order valence-corrected chi connectivity index (χ0v) is 10.1. The molecule has 1 aromatic rings. The predicted molar refractivity (Wildman–Crippen MR) is 60.2 cm³/mol. The van der Waals surface area contributed by atoms with Crippen molar-refractivity contribution in [3.8, 4) is 5.75 Å². The third kappa shape index (κ3) is 1.98. The van der Waals surface area contributed by atoms with Crippen LogP contribution in [0.25, 0.3) is 0 Å². The Morgan fingerprint density at radius 1 is 1.43 bits per heavy atom. The Bertz CT molecular complexity index is 345. The van der Waals surface area contributed by atoms with Crippen molar-refractivity contribution in [2.24, 2.45) is 0 Å². The van der Waals surface area contributed by atoms with Crippen molar-refractivity contribution in [1.29, 1.82) is 0 Å². The molecule has 0 aliphatic carbocycles. The molecule has 0 atom stereocenters. The van der Waals surface area contributed by atoms with Gasteiger partial charge in [0.1, 0.15) is 12.0 Å². The molecule has 0 aromatic heterocycles. The fourth-order valence-electron chi connectivity index (χ4n) is 1.44. The van der Waals surface area contributed by atoms with Gasteiger partial charge in [0.15, 0.2) is 0 Å². The van der Waals surface area contributed by atoms with Crippen LogP contribution in [0.5, 0.6) is 5.75 Å². The average Bonchev–Trinajstić information content (AvgIpc) is 2.16. The van der Waals surface area contributed by atoms with Gasteiger partial charge in [-0.1, -0.05) is 13.8 Å². The van der Waals surface area contributed by atoms with Crippen LogP contribution in [0, 0.1) is 0 Å². The van der Waals surface area contributed by atoms with Crippen LogP contribution in [0.1, 0.15) is 35.7 Å². The molecular formula is C11H13BrO2. The third-order valence-electron chi connectivity index (χ3n) is 2.10. The summed E-state index contributed by atoms with van der Waals surface area (Å²) in [5, 5.41) is 0. The van der Waals surface area contributed by atoms with E-state index < -0.39 is 0 Å². The SMILES string of the molecule is COc1ccc(C=O)c(C(C)C)c1Br. The number of aldehydes is 1. The second-order valence-electron chi connectivity index (χ2n) is 3.36. The van der Waals surface area contributed by atoms with Crippen molar-refractivity contribution in [1.82, 2.24) is 0 Å². The molecule has 14 heavy (non-hydrogen) atoms. The number of benzene rings is 1. The maximum Gasteiger partial charge on any atom is 0.150 e. The van der Waals surface area contributed by atoms with Crippen molar-refractivity contribution in [2.45, 2.75) is 19.8 Å². The molecule has 0 amide bonds. The predicted octanol–water partition coefficient (Wildman–Crippen LogP) is 3.39. The molecule has 0 N–H and O–H groups in total. The molecule has 0 radical (unpaired) electrons. The van der Waals surface area contributed by atoms with Gasteiger partial charge in [0, 0.05) is 5.56 Å². The molecule has 1 aromatic carbocycles. The molecule has 0 aliphatic rings. The lowest BCUT2D eigenvalue weighted by Gasteiger charge is -2.14. The van der Waals surface area contributed by atoms with E-state index in [-0.39, 0.29) is 0 Å². The highest BCUT2D eigenvalue weighted by atomic mass is 79.9. The first-order valence-electron chi connectivity index (χ1n) is 4.43. The van der Waals surface area contributed by atoms with Gasteiger partial charge in [0.05, 0.1) is 11.6 Å². The second kappa shape index (κ2) is 4.60. The van der Waals surface area contributed by atoms with Gasteiger partial charge in [-0.05, 0) is 39.5 Å². The summed E-state index contributed by atoms with van der Waals surface area (Å²) >= 11 is 3.45. The molecule has 0 bridgehead atoms. The molecular weight excluding hydrogens is 244 g/mol. The van der Waals surface area contributed by atoms with Crippen LogP contribution in [-0.4, -0.2) is 13.4 Å². The summed E-state index contributed by atoms with van der Waals surface area (Å²) in [7, 11) is 1.62. The lowest BCUT2D eigenvalue weighted by Crippen LogP contribution is -1.98. The third-order valence-corrected chi connectivity index (χ3v) is 2.92. The average molecular weight is 257 g/mol. The van der Waals surface area contributed by atoms with Crippen LogP contribution in [-0.2, 0) is 0 Å². The van der Waals surface area contributed by atoms with Gasteiger partial charge in [0.2, 0.25) is 0 Å². The minimum Gasteiger partial charge on any atom is -0.496 e. The lowest BCUT2D eigenvalue weighted by molar-refractivity contribution is 0.112. The highest BCUT2D eigenvalue weighted by Gasteiger charge is 2.14. The first kappa shape index (κ1) is 11.2. The molecule has 1 rings (SSSR count). The van der Waals surface area contributed by atoms with Gasteiger partial charge in [0.25, 0.3) is 0 Å². The quantitative estimate of drug-likeness (QED) is 0.776. The van der Waals surface area contributed by atoms with E-state index in [1.165, 1.54) is 0 Å². The van der Waals surface area contributed by atoms with E-state index in [0.29, 0.717) is 11.5 Å². The first-order chi connectivity index (χ1) is 6.61. The Hall–Kier alpha value is -0.830. The summed E-state index contributed by atoms with van der Waals surface area (Å²) in [5.74, 6) is 1.05. The number of methoxy groups -OCH3 is 1. The van der Waals surface area contributed by atoms with Crippen molar-refractivity contribution in [3.05, 3.63) is 27.7 Å². The Morgan fingerprint density at radius 3 is 2.50 bits per heavy atom. The Kier molecular flexibility index (Phi) is 3.69. The maximum absolute atomic E-state index is 10.8. The molecule has 0 saturated heterocycles.